The van der Waals surface area contributed by atoms with Crippen LogP contribution >= 0.6 is 0 Å². The molecule has 0 N–H and O–H groups in total. The Balaban J connectivity index is 1.83. The average Bonchev–Trinajstić information content (AvgIpc) is 2.51. The molecule has 0 radical (unpaired) electrons. The number of hydrogen-bond donors (Lipinski definition) is 0. The van der Waals surface area contributed by atoms with E-state index in [4.69, 9.17) is 0 Å². The number of nitrogens with zero attached hydrogens (tertiary/aromatic N) is 1. The Bertz CT molecular complexity index is 157. The van der Waals surface area contributed by atoms with Crippen molar-refractivity contribution >= 4 is 0 Å². The molecule has 0 heterocycles. The Morgan fingerprint density at radius 1 is 1.00 bits per heavy atom. The molecule has 2 aliphatic rings. The van der Waals surface area contributed by atoms with Crippen LogP contribution in [0.25, 0.3) is 0 Å². The van der Waals surface area contributed by atoms with E-state index in [-0.39, 0.29) is 0 Å². The first-order valence-electron chi connectivity index (χ1n) is 6.01. The molecular weight excluding hydrogens is 158 g/mol. The third-order valence-corrected chi connectivity index (χ3v) is 4.38. The second-order valence-electron chi connectivity index (χ2n) is 5.04. The van der Waals surface area contributed by atoms with Crippen molar-refractivity contribution in [2.75, 3.05) is 7.05 Å². The van der Waals surface area contributed by atoms with Crippen LogP contribution in [-0.4, -0.2) is 24.0 Å². The van der Waals surface area contributed by atoms with Gasteiger partial charge in [-0.3, -0.25) is 0 Å². The van der Waals surface area contributed by atoms with Crippen molar-refractivity contribution in [3.8, 4) is 0 Å². The van der Waals surface area contributed by atoms with Crippen molar-refractivity contribution in [3.05, 3.63) is 0 Å². The lowest BCUT2D eigenvalue weighted by atomic mass is 9.88. The lowest BCUT2D eigenvalue weighted by Gasteiger charge is -2.41. The number of rotatable bonds is 3. The van der Waals surface area contributed by atoms with Gasteiger partial charge in [0.1, 0.15) is 0 Å². The van der Waals surface area contributed by atoms with Crippen molar-refractivity contribution in [1.82, 2.24) is 4.90 Å². The Labute approximate surface area is 82.5 Å². The molecule has 13 heavy (non-hydrogen) atoms. The van der Waals surface area contributed by atoms with Gasteiger partial charge >= 0.3 is 0 Å². The van der Waals surface area contributed by atoms with Crippen LogP contribution in [0.15, 0.2) is 0 Å². The molecule has 2 saturated carbocycles. The largest absolute Gasteiger partial charge is 0.300 e. The van der Waals surface area contributed by atoms with Gasteiger partial charge in [0.25, 0.3) is 0 Å². The fraction of sp³-hybridized carbons (Fsp3) is 1.00. The molecular formula is C12H23N. The van der Waals surface area contributed by atoms with E-state index in [1.165, 1.54) is 44.9 Å². The highest BCUT2D eigenvalue weighted by atomic mass is 15.2. The Morgan fingerprint density at radius 2 is 1.62 bits per heavy atom. The van der Waals surface area contributed by atoms with Crippen molar-refractivity contribution < 1.29 is 0 Å². The minimum absolute atomic E-state index is 0.841. The third-order valence-electron chi connectivity index (χ3n) is 4.38. The maximum absolute atomic E-state index is 2.65. The van der Waals surface area contributed by atoms with E-state index in [0.717, 1.165) is 18.0 Å². The van der Waals surface area contributed by atoms with E-state index < -0.39 is 0 Å². The molecule has 1 heteroatoms. The van der Waals surface area contributed by atoms with Gasteiger partial charge in [-0.15, -0.1) is 0 Å². The average molecular weight is 181 g/mol. The van der Waals surface area contributed by atoms with Gasteiger partial charge in [0.05, 0.1) is 0 Å². The summed E-state index contributed by atoms with van der Waals surface area (Å²) in [6, 6.07) is 1.77. The molecule has 1 unspecified atom stereocenters. The SMILES string of the molecule is CC(C1CCCC1)N(C)C1CCC1. The van der Waals surface area contributed by atoms with Gasteiger partial charge in [0.2, 0.25) is 0 Å². The molecule has 2 aliphatic carbocycles. The van der Waals surface area contributed by atoms with E-state index in [2.05, 4.69) is 18.9 Å². The first-order valence-corrected chi connectivity index (χ1v) is 6.01. The van der Waals surface area contributed by atoms with Crippen LogP contribution < -0.4 is 0 Å². The highest BCUT2D eigenvalue weighted by molar-refractivity contribution is 4.85. The fourth-order valence-electron chi connectivity index (χ4n) is 2.90. The van der Waals surface area contributed by atoms with Crippen LogP contribution in [0.5, 0.6) is 0 Å². The van der Waals surface area contributed by atoms with E-state index >= 15 is 0 Å². The zero-order chi connectivity index (χ0) is 9.26. The maximum atomic E-state index is 2.65. The lowest BCUT2D eigenvalue weighted by Crippen LogP contribution is -2.45. The lowest BCUT2D eigenvalue weighted by molar-refractivity contribution is 0.0869. The van der Waals surface area contributed by atoms with Crippen molar-refractivity contribution in [3.63, 3.8) is 0 Å². The minimum Gasteiger partial charge on any atom is -0.300 e. The van der Waals surface area contributed by atoms with Crippen LogP contribution in [0.4, 0.5) is 0 Å². The van der Waals surface area contributed by atoms with Gasteiger partial charge in [-0.1, -0.05) is 19.3 Å². The van der Waals surface area contributed by atoms with Gasteiger partial charge < -0.3 is 4.90 Å². The fourth-order valence-corrected chi connectivity index (χ4v) is 2.90. The standard InChI is InChI=1S/C12H23N/c1-10(11-6-3-4-7-11)13(2)12-8-5-9-12/h10-12H,3-9H2,1-2H3. The third kappa shape index (κ3) is 1.90. The minimum atomic E-state index is 0.841. The van der Waals surface area contributed by atoms with Gasteiger partial charge in [0.15, 0.2) is 0 Å². The summed E-state index contributed by atoms with van der Waals surface area (Å²) in [6.45, 7) is 2.44. The van der Waals surface area contributed by atoms with Crippen LogP contribution in [0.3, 0.4) is 0 Å². The summed E-state index contributed by atoms with van der Waals surface area (Å²) < 4.78 is 0. The normalized spacial score (nSPS) is 27.9. The molecule has 2 rings (SSSR count). The van der Waals surface area contributed by atoms with E-state index in [1.54, 1.807) is 0 Å². The van der Waals surface area contributed by atoms with Crippen LogP contribution in [0, 0.1) is 5.92 Å². The molecule has 0 aromatic rings. The van der Waals surface area contributed by atoms with Crippen molar-refractivity contribution in [1.29, 1.82) is 0 Å². The van der Waals surface area contributed by atoms with E-state index in [9.17, 15) is 0 Å². The predicted octanol–water partition coefficient (Wildman–Crippen LogP) is 3.05. The zero-order valence-electron chi connectivity index (χ0n) is 9.13. The van der Waals surface area contributed by atoms with E-state index in [0.29, 0.717) is 0 Å². The molecule has 2 fully saturated rings. The molecule has 1 atom stereocenters. The molecule has 0 spiro atoms. The second kappa shape index (κ2) is 4.00. The van der Waals surface area contributed by atoms with Gasteiger partial charge in [-0.05, 0) is 45.6 Å². The Kier molecular flexibility index (Phi) is 2.92. The molecule has 0 saturated heterocycles. The molecule has 1 nitrogen and oxygen atoms in total. The summed E-state index contributed by atoms with van der Waals surface area (Å²) in [6.07, 6.45) is 10.3. The maximum Gasteiger partial charge on any atom is 0.00951 e. The van der Waals surface area contributed by atoms with Gasteiger partial charge in [0, 0.05) is 12.1 Å². The molecule has 0 aromatic carbocycles. The van der Waals surface area contributed by atoms with E-state index in [1.807, 2.05) is 0 Å². The summed E-state index contributed by atoms with van der Waals surface area (Å²) in [5.74, 6) is 1.01. The first-order chi connectivity index (χ1) is 6.29. The molecule has 0 aliphatic heterocycles. The topological polar surface area (TPSA) is 3.24 Å². The quantitative estimate of drug-likeness (QED) is 0.647. The zero-order valence-corrected chi connectivity index (χ0v) is 9.13. The van der Waals surface area contributed by atoms with Crippen molar-refractivity contribution in [2.45, 2.75) is 64.0 Å². The van der Waals surface area contributed by atoms with Crippen molar-refractivity contribution in [2.24, 2.45) is 5.92 Å². The highest BCUT2D eigenvalue weighted by Crippen LogP contribution is 2.33. The van der Waals surface area contributed by atoms with Gasteiger partial charge in [-0.2, -0.15) is 0 Å². The second-order valence-corrected chi connectivity index (χ2v) is 5.04. The Morgan fingerprint density at radius 3 is 2.08 bits per heavy atom. The smallest absolute Gasteiger partial charge is 0.00951 e. The van der Waals surface area contributed by atoms with Crippen LogP contribution in [0.1, 0.15) is 51.9 Å². The monoisotopic (exact) mass is 181 g/mol. The van der Waals surface area contributed by atoms with Gasteiger partial charge in [-0.25, -0.2) is 0 Å². The number of hydrogen-bond acceptors (Lipinski definition) is 1. The predicted molar refractivity (Wildman–Crippen MR) is 56.8 cm³/mol. The first kappa shape index (κ1) is 9.51. The highest BCUT2D eigenvalue weighted by Gasteiger charge is 2.30. The molecule has 0 amide bonds. The molecule has 0 bridgehead atoms. The van der Waals surface area contributed by atoms with Crippen LogP contribution in [0.2, 0.25) is 0 Å². The summed E-state index contributed by atoms with van der Waals surface area (Å²) in [5.41, 5.74) is 0. The van der Waals surface area contributed by atoms with Crippen LogP contribution in [-0.2, 0) is 0 Å². The summed E-state index contributed by atoms with van der Waals surface area (Å²) in [5, 5.41) is 0. The Hall–Kier alpha value is -0.0400. The summed E-state index contributed by atoms with van der Waals surface area (Å²) in [4.78, 5) is 2.65. The molecule has 76 valence electrons. The summed E-state index contributed by atoms with van der Waals surface area (Å²) in [7, 11) is 2.34. The molecule has 0 aromatic heterocycles. The summed E-state index contributed by atoms with van der Waals surface area (Å²) >= 11 is 0.